The highest BCUT2D eigenvalue weighted by Gasteiger charge is 2.09. The van der Waals surface area contributed by atoms with Crippen molar-refractivity contribution in [2.75, 3.05) is 19.0 Å². The molecule has 4 aromatic rings. The highest BCUT2D eigenvalue weighted by atomic mass is 16.5. The van der Waals surface area contributed by atoms with E-state index in [4.69, 9.17) is 15.0 Å². The second kappa shape index (κ2) is 8.40. The number of imidazole rings is 1. The van der Waals surface area contributed by atoms with E-state index in [0.717, 1.165) is 53.7 Å². The summed E-state index contributed by atoms with van der Waals surface area (Å²) in [4.78, 5) is 13.5. The van der Waals surface area contributed by atoms with Gasteiger partial charge in [-0.15, -0.1) is 0 Å². The van der Waals surface area contributed by atoms with Crippen molar-refractivity contribution in [1.29, 1.82) is 5.26 Å². The molecular formula is C22H20N6O. The zero-order valence-electron chi connectivity index (χ0n) is 16.0. The summed E-state index contributed by atoms with van der Waals surface area (Å²) in [6.07, 6.45) is 6.97. The van der Waals surface area contributed by atoms with E-state index in [1.165, 1.54) is 0 Å². The Balaban J connectivity index is 1.49. The molecule has 0 amide bonds. The molecule has 1 N–H and O–H groups in total. The third-order valence-electron chi connectivity index (χ3n) is 4.60. The van der Waals surface area contributed by atoms with E-state index in [1.54, 1.807) is 25.6 Å². The Kier molecular flexibility index (Phi) is 5.34. The number of anilines is 1. The van der Waals surface area contributed by atoms with Crippen LogP contribution in [0.2, 0.25) is 0 Å². The number of nitrogens with zero attached hydrogens (tertiary/aromatic N) is 5. The first kappa shape index (κ1) is 18.4. The Morgan fingerprint density at radius 3 is 2.90 bits per heavy atom. The first-order chi connectivity index (χ1) is 14.3. The van der Waals surface area contributed by atoms with Crippen LogP contribution in [-0.2, 0) is 6.42 Å². The van der Waals surface area contributed by atoms with Crippen LogP contribution in [0.3, 0.4) is 0 Å². The van der Waals surface area contributed by atoms with Gasteiger partial charge in [0.1, 0.15) is 17.5 Å². The minimum atomic E-state index is 0.577. The number of ether oxygens (including phenoxy) is 1. The molecule has 0 spiro atoms. The Morgan fingerprint density at radius 2 is 2.10 bits per heavy atom. The Morgan fingerprint density at radius 1 is 1.17 bits per heavy atom. The predicted octanol–water partition coefficient (Wildman–Crippen LogP) is 3.72. The lowest BCUT2D eigenvalue weighted by atomic mass is 10.1. The minimum absolute atomic E-state index is 0.577. The summed E-state index contributed by atoms with van der Waals surface area (Å²) in [7, 11) is 1.65. The quantitative estimate of drug-likeness (QED) is 0.489. The van der Waals surface area contributed by atoms with Crippen molar-refractivity contribution in [1.82, 2.24) is 19.4 Å². The van der Waals surface area contributed by atoms with Crippen molar-refractivity contribution >= 4 is 11.6 Å². The maximum absolute atomic E-state index is 8.85. The molecule has 0 saturated heterocycles. The van der Waals surface area contributed by atoms with Gasteiger partial charge in [-0.1, -0.05) is 12.1 Å². The van der Waals surface area contributed by atoms with Crippen molar-refractivity contribution < 1.29 is 4.74 Å². The average molecular weight is 384 g/mol. The summed E-state index contributed by atoms with van der Waals surface area (Å²) in [6, 6.07) is 15.6. The number of nitrogens with one attached hydrogen (secondary N) is 1. The molecule has 7 heteroatoms. The zero-order valence-corrected chi connectivity index (χ0v) is 16.0. The van der Waals surface area contributed by atoms with Gasteiger partial charge in [0.05, 0.1) is 18.4 Å². The van der Waals surface area contributed by atoms with E-state index in [9.17, 15) is 0 Å². The first-order valence-corrected chi connectivity index (χ1v) is 9.34. The van der Waals surface area contributed by atoms with Crippen molar-refractivity contribution in [2.45, 2.75) is 12.8 Å². The Bertz CT molecular complexity index is 1160. The molecule has 7 nitrogen and oxygen atoms in total. The summed E-state index contributed by atoms with van der Waals surface area (Å²) < 4.78 is 7.26. The molecule has 0 bridgehead atoms. The van der Waals surface area contributed by atoms with Crippen LogP contribution in [0.25, 0.3) is 16.9 Å². The molecule has 0 radical (unpaired) electrons. The van der Waals surface area contributed by atoms with Crippen LogP contribution >= 0.6 is 0 Å². The number of nitriles is 1. The van der Waals surface area contributed by atoms with Gasteiger partial charge in [-0.2, -0.15) is 5.26 Å². The van der Waals surface area contributed by atoms with Crippen molar-refractivity contribution in [2.24, 2.45) is 0 Å². The molecule has 0 saturated carbocycles. The number of pyridine rings is 1. The topological polar surface area (TPSA) is 88.1 Å². The van der Waals surface area contributed by atoms with Gasteiger partial charge in [0.25, 0.3) is 0 Å². The highest BCUT2D eigenvalue weighted by molar-refractivity contribution is 5.67. The summed E-state index contributed by atoms with van der Waals surface area (Å²) in [5.41, 5.74) is 4.18. The molecule has 0 aliphatic carbocycles. The maximum Gasteiger partial charge on any atom is 0.209 e. The van der Waals surface area contributed by atoms with Gasteiger partial charge >= 0.3 is 0 Å². The number of hydrogen-bond donors (Lipinski definition) is 1. The largest absolute Gasteiger partial charge is 0.497 e. The molecule has 4 rings (SSSR count). The number of hydrogen-bond acceptors (Lipinski definition) is 6. The number of aromatic nitrogens is 4. The van der Waals surface area contributed by atoms with Gasteiger partial charge in [0.15, 0.2) is 0 Å². The number of benzene rings is 1. The van der Waals surface area contributed by atoms with E-state index < -0.39 is 0 Å². The lowest BCUT2D eigenvalue weighted by molar-refractivity contribution is 0.415. The standard InChI is InChI=1S/C22H20N6O/c1-29-19-6-2-4-17(12-19)20-13-21-24-10-11-28(21)22(27-20)25-9-3-5-18-8-7-16(14-23)15-26-18/h2,4,6-8,10-13,15H,3,5,9H2,1H3,(H,25,27). The molecule has 0 atom stereocenters. The molecule has 3 aromatic heterocycles. The average Bonchev–Trinajstić information content (AvgIpc) is 3.26. The van der Waals surface area contributed by atoms with Gasteiger partial charge in [-0.05, 0) is 37.1 Å². The summed E-state index contributed by atoms with van der Waals surface area (Å²) in [6.45, 7) is 0.740. The van der Waals surface area contributed by atoms with Gasteiger partial charge < -0.3 is 10.1 Å². The lowest BCUT2D eigenvalue weighted by Crippen LogP contribution is -2.09. The Hall–Kier alpha value is -3.92. The second-order valence-electron chi connectivity index (χ2n) is 6.53. The third-order valence-corrected chi connectivity index (χ3v) is 4.60. The molecule has 29 heavy (non-hydrogen) atoms. The maximum atomic E-state index is 8.85. The number of aryl methyl sites for hydroxylation is 1. The summed E-state index contributed by atoms with van der Waals surface area (Å²) in [5.74, 6) is 1.53. The van der Waals surface area contributed by atoms with E-state index in [0.29, 0.717) is 5.56 Å². The van der Waals surface area contributed by atoms with E-state index in [1.807, 2.05) is 47.0 Å². The van der Waals surface area contributed by atoms with Crippen molar-refractivity contribution in [3.05, 3.63) is 72.3 Å². The molecule has 1 aromatic carbocycles. The SMILES string of the molecule is COc1cccc(-c2cc3nccn3c(NCCCc3ccc(C#N)cn3)n2)c1. The van der Waals surface area contributed by atoms with Crippen LogP contribution in [0.1, 0.15) is 17.7 Å². The van der Waals surface area contributed by atoms with Crippen LogP contribution in [0.4, 0.5) is 5.95 Å². The number of rotatable bonds is 7. The van der Waals surface area contributed by atoms with E-state index >= 15 is 0 Å². The minimum Gasteiger partial charge on any atom is -0.497 e. The lowest BCUT2D eigenvalue weighted by Gasteiger charge is -2.11. The second-order valence-corrected chi connectivity index (χ2v) is 6.53. The van der Waals surface area contributed by atoms with Gasteiger partial charge in [0, 0.05) is 42.5 Å². The van der Waals surface area contributed by atoms with Crippen LogP contribution in [0.15, 0.2) is 61.1 Å². The first-order valence-electron chi connectivity index (χ1n) is 9.34. The molecule has 144 valence electrons. The van der Waals surface area contributed by atoms with Gasteiger partial charge in [-0.25, -0.2) is 9.97 Å². The van der Waals surface area contributed by atoms with Crippen LogP contribution in [-0.4, -0.2) is 33.0 Å². The van der Waals surface area contributed by atoms with Crippen LogP contribution in [0.5, 0.6) is 5.75 Å². The molecule has 3 heterocycles. The van der Waals surface area contributed by atoms with Crippen LogP contribution in [0, 0.1) is 11.3 Å². The molecule has 0 unspecified atom stereocenters. The van der Waals surface area contributed by atoms with Gasteiger partial charge in [0.2, 0.25) is 5.95 Å². The molecule has 0 aliphatic heterocycles. The molecular weight excluding hydrogens is 364 g/mol. The summed E-state index contributed by atoms with van der Waals surface area (Å²) >= 11 is 0. The van der Waals surface area contributed by atoms with Crippen molar-refractivity contribution in [3.63, 3.8) is 0 Å². The highest BCUT2D eigenvalue weighted by Crippen LogP contribution is 2.25. The fourth-order valence-electron chi connectivity index (χ4n) is 3.09. The van der Waals surface area contributed by atoms with Crippen molar-refractivity contribution in [3.8, 4) is 23.1 Å². The Labute approximate surface area is 168 Å². The molecule has 0 aliphatic rings. The normalized spacial score (nSPS) is 10.6. The monoisotopic (exact) mass is 384 g/mol. The number of methoxy groups -OCH3 is 1. The fourth-order valence-corrected chi connectivity index (χ4v) is 3.09. The molecule has 0 fully saturated rings. The summed E-state index contributed by atoms with van der Waals surface area (Å²) in [5, 5.41) is 12.3. The third kappa shape index (κ3) is 4.17. The smallest absolute Gasteiger partial charge is 0.209 e. The zero-order chi connectivity index (χ0) is 20.1. The fraction of sp³-hybridized carbons (Fsp3) is 0.182. The van der Waals surface area contributed by atoms with Crippen LogP contribution < -0.4 is 10.1 Å². The van der Waals surface area contributed by atoms with Gasteiger partial charge in [-0.3, -0.25) is 9.38 Å². The van der Waals surface area contributed by atoms with E-state index in [2.05, 4.69) is 21.4 Å². The predicted molar refractivity (Wildman–Crippen MR) is 111 cm³/mol. The van der Waals surface area contributed by atoms with E-state index in [-0.39, 0.29) is 0 Å². The number of fused-ring (bicyclic) bond motifs is 1.